The zero-order chi connectivity index (χ0) is 15.7. The van der Waals surface area contributed by atoms with E-state index in [0.717, 1.165) is 12.4 Å². The predicted molar refractivity (Wildman–Crippen MR) is 81.7 cm³/mol. The molecule has 1 amide bonds. The van der Waals surface area contributed by atoms with Crippen LogP contribution in [0.5, 0.6) is 0 Å². The van der Waals surface area contributed by atoms with Crippen molar-refractivity contribution in [2.75, 3.05) is 26.7 Å². The number of nitrogens with zero attached hydrogens (tertiary/aromatic N) is 3. The number of likely N-dealkylation sites (N-methyl/N-ethyl adjacent to an activating group) is 1. The summed E-state index contributed by atoms with van der Waals surface area (Å²) in [5.74, 6) is 0.614. The number of hydrogen-bond donors (Lipinski definition) is 2. The molecule has 3 heterocycles. The summed E-state index contributed by atoms with van der Waals surface area (Å²) in [6, 6.07) is 1.75. The summed E-state index contributed by atoms with van der Waals surface area (Å²) in [4.78, 5) is 38.5. The smallest absolute Gasteiger partial charge is 0.261 e. The van der Waals surface area contributed by atoms with Gasteiger partial charge in [-0.15, -0.1) is 0 Å². The summed E-state index contributed by atoms with van der Waals surface area (Å²) in [6.07, 6.45) is 5.04. The summed E-state index contributed by atoms with van der Waals surface area (Å²) < 4.78 is 0. The van der Waals surface area contributed by atoms with E-state index in [4.69, 9.17) is 0 Å². The number of H-pyrrole nitrogens is 2. The van der Waals surface area contributed by atoms with Gasteiger partial charge >= 0.3 is 0 Å². The van der Waals surface area contributed by atoms with E-state index in [1.54, 1.807) is 36.5 Å². The molecule has 7 heteroatoms. The van der Waals surface area contributed by atoms with Crippen LogP contribution in [-0.4, -0.2) is 57.3 Å². The van der Waals surface area contributed by atoms with Gasteiger partial charge in [0.05, 0.1) is 6.04 Å². The number of piperazine rings is 1. The average molecular weight is 301 g/mol. The van der Waals surface area contributed by atoms with Crippen molar-refractivity contribution in [2.24, 2.45) is 0 Å². The summed E-state index contributed by atoms with van der Waals surface area (Å²) in [7, 11) is 2.01. The summed E-state index contributed by atoms with van der Waals surface area (Å²) >= 11 is 0. The zero-order valence-corrected chi connectivity index (χ0v) is 12.7. The number of carbonyl (C=O) groups excluding carboxylic acids is 1. The van der Waals surface area contributed by atoms with Gasteiger partial charge in [0, 0.05) is 38.2 Å². The fourth-order valence-corrected chi connectivity index (χ4v) is 2.81. The Labute approximate surface area is 128 Å². The Bertz CT molecular complexity index is 722. The molecular formula is C15H19N5O2. The lowest BCUT2D eigenvalue weighted by Gasteiger charge is -2.38. The highest BCUT2D eigenvalue weighted by Gasteiger charge is 2.31. The number of imidazole rings is 1. The SMILES string of the molecule is Cc1cc[nH]c(=O)c1C(=O)N1CCN(C)C(c2ncc[nH]2)C1. The van der Waals surface area contributed by atoms with Crippen LogP contribution >= 0.6 is 0 Å². The molecule has 0 aromatic carbocycles. The number of pyridine rings is 1. The minimum Gasteiger partial charge on any atom is -0.347 e. The number of aryl methyl sites for hydroxylation is 1. The standard InChI is InChI=1S/C15H19N5O2/c1-10-3-4-18-14(21)12(10)15(22)20-8-7-19(2)11(9-20)13-16-5-6-17-13/h3-6,11H,7-9H2,1-2H3,(H,16,17)(H,18,21). The molecule has 116 valence electrons. The lowest BCUT2D eigenvalue weighted by atomic mass is 10.1. The van der Waals surface area contributed by atoms with Gasteiger partial charge in [-0.3, -0.25) is 14.5 Å². The van der Waals surface area contributed by atoms with Gasteiger partial charge in [0.25, 0.3) is 11.5 Å². The molecule has 0 radical (unpaired) electrons. The van der Waals surface area contributed by atoms with E-state index in [1.165, 1.54) is 0 Å². The van der Waals surface area contributed by atoms with Crippen molar-refractivity contribution in [3.63, 3.8) is 0 Å². The third-order valence-corrected chi connectivity index (χ3v) is 4.15. The minimum absolute atomic E-state index is 0.01000. The van der Waals surface area contributed by atoms with Crippen molar-refractivity contribution in [1.29, 1.82) is 0 Å². The molecule has 22 heavy (non-hydrogen) atoms. The number of rotatable bonds is 2. The number of carbonyl (C=O) groups is 1. The molecule has 7 nitrogen and oxygen atoms in total. The van der Waals surface area contributed by atoms with Crippen LogP contribution in [0.1, 0.15) is 27.8 Å². The van der Waals surface area contributed by atoms with Crippen molar-refractivity contribution < 1.29 is 4.79 Å². The van der Waals surface area contributed by atoms with Crippen molar-refractivity contribution in [1.82, 2.24) is 24.8 Å². The first kappa shape index (κ1) is 14.5. The molecule has 1 aliphatic heterocycles. The van der Waals surface area contributed by atoms with E-state index in [0.29, 0.717) is 18.7 Å². The summed E-state index contributed by atoms with van der Waals surface area (Å²) in [5.41, 5.74) is 0.589. The van der Waals surface area contributed by atoms with Crippen LogP contribution in [0.2, 0.25) is 0 Å². The monoisotopic (exact) mass is 301 g/mol. The molecule has 0 aliphatic carbocycles. The second-order valence-electron chi connectivity index (χ2n) is 5.59. The van der Waals surface area contributed by atoms with Gasteiger partial charge in [-0.2, -0.15) is 0 Å². The Morgan fingerprint density at radius 2 is 2.14 bits per heavy atom. The number of aromatic nitrogens is 3. The van der Waals surface area contributed by atoms with E-state index in [-0.39, 0.29) is 23.1 Å². The van der Waals surface area contributed by atoms with Crippen molar-refractivity contribution in [3.05, 3.63) is 52.0 Å². The molecule has 1 aliphatic rings. The topological polar surface area (TPSA) is 85.1 Å². The van der Waals surface area contributed by atoms with Crippen LogP contribution < -0.4 is 5.56 Å². The van der Waals surface area contributed by atoms with E-state index in [9.17, 15) is 9.59 Å². The number of aromatic amines is 2. The van der Waals surface area contributed by atoms with Crippen LogP contribution in [0.3, 0.4) is 0 Å². The molecule has 1 unspecified atom stereocenters. The second kappa shape index (κ2) is 5.76. The van der Waals surface area contributed by atoms with E-state index in [1.807, 2.05) is 7.05 Å². The maximum atomic E-state index is 12.7. The third-order valence-electron chi connectivity index (χ3n) is 4.15. The Hall–Kier alpha value is -2.41. The maximum absolute atomic E-state index is 12.7. The summed E-state index contributed by atoms with van der Waals surface area (Å²) in [5, 5.41) is 0. The van der Waals surface area contributed by atoms with Crippen LogP contribution in [0, 0.1) is 6.92 Å². The van der Waals surface area contributed by atoms with E-state index < -0.39 is 0 Å². The van der Waals surface area contributed by atoms with Crippen molar-refractivity contribution >= 4 is 5.91 Å². The highest BCUT2D eigenvalue weighted by atomic mass is 16.2. The van der Waals surface area contributed by atoms with Gasteiger partial charge in [-0.1, -0.05) is 0 Å². The highest BCUT2D eigenvalue weighted by Crippen LogP contribution is 2.22. The summed E-state index contributed by atoms with van der Waals surface area (Å²) in [6.45, 7) is 3.63. The molecule has 2 aromatic rings. The van der Waals surface area contributed by atoms with Crippen LogP contribution in [-0.2, 0) is 0 Å². The maximum Gasteiger partial charge on any atom is 0.261 e. The molecule has 0 spiro atoms. The fourth-order valence-electron chi connectivity index (χ4n) is 2.81. The molecule has 1 saturated heterocycles. The fraction of sp³-hybridized carbons (Fsp3) is 0.400. The van der Waals surface area contributed by atoms with Gasteiger partial charge in [-0.25, -0.2) is 4.98 Å². The van der Waals surface area contributed by atoms with Crippen LogP contribution in [0.25, 0.3) is 0 Å². The largest absolute Gasteiger partial charge is 0.347 e. The molecule has 0 bridgehead atoms. The molecule has 1 atom stereocenters. The lowest BCUT2D eigenvalue weighted by Crippen LogP contribution is -2.50. The van der Waals surface area contributed by atoms with E-state index >= 15 is 0 Å². The highest BCUT2D eigenvalue weighted by molar-refractivity contribution is 5.95. The van der Waals surface area contributed by atoms with Crippen molar-refractivity contribution in [2.45, 2.75) is 13.0 Å². The predicted octanol–water partition coefficient (Wildman–Crippen LogP) is 0.535. The van der Waals surface area contributed by atoms with Gasteiger partial charge in [0.1, 0.15) is 11.4 Å². The van der Waals surface area contributed by atoms with Crippen LogP contribution in [0.15, 0.2) is 29.5 Å². The second-order valence-corrected chi connectivity index (χ2v) is 5.59. The van der Waals surface area contributed by atoms with Gasteiger partial charge in [-0.05, 0) is 25.6 Å². The first-order valence-corrected chi connectivity index (χ1v) is 7.25. The Balaban J connectivity index is 1.86. The minimum atomic E-state index is -0.335. The average Bonchev–Trinajstić information content (AvgIpc) is 3.01. The molecule has 2 aromatic heterocycles. The van der Waals surface area contributed by atoms with Gasteiger partial charge in [0.2, 0.25) is 0 Å². The molecule has 2 N–H and O–H groups in total. The molecular weight excluding hydrogens is 282 g/mol. The van der Waals surface area contributed by atoms with Gasteiger partial charge in [0.15, 0.2) is 0 Å². The van der Waals surface area contributed by atoms with E-state index in [2.05, 4.69) is 19.9 Å². The third kappa shape index (κ3) is 2.55. The molecule has 1 fully saturated rings. The number of hydrogen-bond acceptors (Lipinski definition) is 4. The quantitative estimate of drug-likeness (QED) is 0.847. The first-order chi connectivity index (χ1) is 10.6. The number of amides is 1. The Morgan fingerprint density at radius 3 is 2.82 bits per heavy atom. The van der Waals surface area contributed by atoms with Crippen LogP contribution in [0.4, 0.5) is 0 Å². The lowest BCUT2D eigenvalue weighted by molar-refractivity contribution is 0.0532. The number of nitrogens with one attached hydrogen (secondary N) is 2. The molecule has 3 rings (SSSR count). The Kier molecular flexibility index (Phi) is 3.81. The Morgan fingerprint density at radius 1 is 1.32 bits per heavy atom. The normalized spacial score (nSPS) is 19.4. The van der Waals surface area contributed by atoms with Gasteiger partial charge < -0.3 is 14.9 Å². The first-order valence-electron chi connectivity index (χ1n) is 7.25. The van der Waals surface area contributed by atoms with Crippen molar-refractivity contribution in [3.8, 4) is 0 Å². The zero-order valence-electron chi connectivity index (χ0n) is 12.7. The molecule has 0 saturated carbocycles.